The van der Waals surface area contributed by atoms with Crippen LogP contribution in [0.15, 0.2) is 0 Å². The summed E-state index contributed by atoms with van der Waals surface area (Å²) in [5, 5.41) is 12.5. The first-order chi connectivity index (χ1) is 9.41. The lowest BCUT2D eigenvalue weighted by atomic mass is 9.74. The molecule has 1 unspecified atom stereocenters. The van der Waals surface area contributed by atoms with Crippen molar-refractivity contribution < 1.29 is 14.7 Å². The minimum Gasteiger partial charge on any atom is -0.481 e. The number of hydrogen-bond acceptors (Lipinski definition) is 3. The number of piperidine rings is 1. The number of hydrogen-bond donors (Lipinski definition) is 2. The molecule has 1 atom stereocenters. The first-order valence-corrected chi connectivity index (χ1v) is 7.63. The molecule has 0 aromatic carbocycles. The quantitative estimate of drug-likeness (QED) is 0.771. The minimum atomic E-state index is -0.774. The molecule has 0 aromatic rings. The van der Waals surface area contributed by atoms with Gasteiger partial charge in [-0.3, -0.25) is 9.59 Å². The van der Waals surface area contributed by atoms with Gasteiger partial charge in [-0.25, -0.2) is 0 Å². The van der Waals surface area contributed by atoms with Gasteiger partial charge >= 0.3 is 5.97 Å². The second kappa shape index (κ2) is 6.12. The fourth-order valence-corrected chi connectivity index (χ4v) is 2.78. The molecule has 1 heterocycles. The van der Waals surface area contributed by atoms with Crippen LogP contribution in [0.25, 0.3) is 0 Å². The van der Waals surface area contributed by atoms with Gasteiger partial charge in [0, 0.05) is 13.1 Å². The molecule has 1 saturated carbocycles. The van der Waals surface area contributed by atoms with Crippen molar-refractivity contribution in [2.75, 3.05) is 26.2 Å². The standard InChI is InChI=1S/C15H26N2O3/c1-15(2,14(19)20)12-4-3-7-17(10-12)13(18)9-16-8-11-5-6-11/h11-12,16H,3-10H2,1-2H3,(H,19,20). The Labute approximate surface area is 120 Å². The number of carboxylic acids is 1. The molecule has 1 amide bonds. The van der Waals surface area contributed by atoms with E-state index in [1.807, 2.05) is 4.90 Å². The predicted molar refractivity (Wildman–Crippen MR) is 76.3 cm³/mol. The molecule has 2 N–H and O–H groups in total. The van der Waals surface area contributed by atoms with Crippen molar-refractivity contribution in [3.05, 3.63) is 0 Å². The van der Waals surface area contributed by atoms with Crippen LogP contribution in [0.3, 0.4) is 0 Å². The molecular weight excluding hydrogens is 256 g/mol. The highest BCUT2D eigenvalue weighted by molar-refractivity contribution is 5.79. The summed E-state index contributed by atoms with van der Waals surface area (Å²) >= 11 is 0. The maximum absolute atomic E-state index is 12.2. The molecule has 2 fully saturated rings. The molecule has 1 aliphatic heterocycles. The lowest BCUT2D eigenvalue weighted by molar-refractivity contribution is -0.153. The molecule has 0 spiro atoms. The van der Waals surface area contributed by atoms with Crippen LogP contribution in [0.5, 0.6) is 0 Å². The zero-order valence-electron chi connectivity index (χ0n) is 12.5. The number of carbonyl (C=O) groups excluding carboxylic acids is 1. The summed E-state index contributed by atoms with van der Waals surface area (Å²) in [6.45, 7) is 6.18. The van der Waals surface area contributed by atoms with E-state index in [1.165, 1.54) is 12.8 Å². The maximum atomic E-state index is 12.2. The van der Waals surface area contributed by atoms with Crippen LogP contribution < -0.4 is 5.32 Å². The van der Waals surface area contributed by atoms with E-state index in [0.29, 0.717) is 13.1 Å². The molecule has 2 aliphatic rings. The first-order valence-electron chi connectivity index (χ1n) is 7.63. The van der Waals surface area contributed by atoms with Crippen molar-refractivity contribution in [3.8, 4) is 0 Å². The minimum absolute atomic E-state index is 0.0427. The summed E-state index contributed by atoms with van der Waals surface area (Å²) in [6.07, 6.45) is 4.34. The third kappa shape index (κ3) is 3.72. The van der Waals surface area contributed by atoms with E-state index in [9.17, 15) is 14.7 Å². The van der Waals surface area contributed by atoms with Gasteiger partial charge in [0.2, 0.25) is 5.91 Å². The number of rotatable bonds is 6. The summed E-state index contributed by atoms with van der Waals surface area (Å²) in [5.41, 5.74) is -0.764. The van der Waals surface area contributed by atoms with E-state index in [0.717, 1.165) is 31.8 Å². The van der Waals surface area contributed by atoms with Gasteiger partial charge in [0.1, 0.15) is 0 Å². The number of aliphatic carboxylic acids is 1. The van der Waals surface area contributed by atoms with Gasteiger partial charge in [-0.05, 0) is 57.9 Å². The number of nitrogens with one attached hydrogen (secondary N) is 1. The zero-order chi connectivity index (χ0) is 14.8. The van der Waals surface area contributed by atoms with Gasteiger partial charge in [0.05, 0.1) is 12.0 Å². The molecule has 20 heavy (non-hydrogen) atoms. The third-order valence-electron chi connectivity index (χ3n) is 4.75. The monoisotopic (exact) mass is 282 g/mol. The molecule has 2 rings (SSSR count). The maximum Gasteiger partial charge on any atom is 0.309 e. The Bertz CT molecular complexity index is 377. The van der Waals surface area contributed by atoms with Crippen LogP contribution >= 0.6 is 0 Å². The predicted octanol–water partition coefficient (Wildman–Crippen LogP) is 1.34. The van der Waals surface area contributed by atoms with Crippen molar-refractivity contribution in [2.45, 2.75) is 39.5 Å². The van der Waals surface area contributed by atoms with Crippen LogP contribution in [0.2, 0.25) is 0 Å². The Kier molecular flexibility index (Phi) is 4.68. The van der Waals surface area contributed by atoms with Crippen LogP contribution in [0.4, 0.5) is 0 Å². The molecule has 114 valence electrons. The molecule has 1 saturated heterocycles. The van der Waals surface area contributed by atoms with Crippen molar-refractivity contribution in [3.63, 3.8) is 0 Å². The SMILES string of the molecule is CC(C)(C(=O)O)C1CCCN(C(=O)CNCC2CC2)C1. The second-order valence-corrected chi connectivity index (χ2v) is 6.78. The third-order valence-corrected chi connectivity index (χ3v) is 4.75. The molecule has 0 aromatic heterocycles. The molecule has 5 heteroatoms. The van der Waals surface area contributed by atoms with E-state index in [-0.39, 0.29) is 11.8 Å². The average molecular weight is 282 g/mol. The number of nitrogens with zero attached hydrogens (tertiary/aromatic N) is 1. The lowest BCUT2D eigenvalue weighted by Gasteiger charge is -2.39. The Morgan fingerprint density at radius 1 is 1.30 bits per heavy atom. The Morgan fingerprint density at radius 3 is 2.60 bits per heavy atom. The van der Waals surface area contributed by atoms with E-state index < -0.39 is 11.4 Å². The smallest absolute Gasteiger partial charge is 0.309 e. The van der Waals surface area contributed by atoms with E-state index >= 15 is 0 Å². The van der Waals surface area contributed by atoms with Crippen LogP contribution in [-0.2, 0) is 9.59 Å². The molecular formula is C15H26N2O3. The number of carbonyl (C=O) groups is 2. The van der Waals surface area contributed by atoms with Crippen molar-refractivity contribution in [1.29, 1.82) is 0 Å². The lowest BCUT2D eigenvalue weighted by Crippen LogP contribution is -2.49. The van der Waals surface area contributed by atoms with Crippen molar-refractivity contribution >= 4 is 11.9 Å². The highest BCUT2D eigenvalue weighted by Crippen LogP contribution is 2.34. The summed E-state index contributed by atoms with van der Waals surface area (Å²) in [5.74, 6) is 0.143. The Balaban J connectivity index is 1.82. The largest absolute Gasteiger partial charge is 0.481 e. The average Bonchev–Trinajstić information content (AvgIpc) is 3.22. The highest BCUT2D eigenvalue weighted by atomic mass is 16.4. The first kappa shape index (κ1) is 15.3. The normalized spacial score (nSPS) is 23.7. The summed E-state index contributed by atoms with van der Waals surface area (Å²) in [6, 6.07) is 0. The highest BCUT2D eigenvalue weighted by Gasteiger charge is 2.39. The van der Waals surface area contributed by atoms with Gasteiger partial charge in [0.15, 0.2) is 0 Å². The van der Waals surface area contributed by atoms with E-state index in [4.69, 9.17) is 0 Å². The van der Waals surface area contributed by atoms with E-state index in [2.05, 4.69) is 5.32 Å². The summed E-state index contributed by atoms with van der Waals surface area (Å²) in [7, 11) is 0. The summed E-state index contributed by atoms with van der Waals surface area (Å²) in [4.78, 5) is 25.3. The molecule has 0 bridgehead atoms. The van der Waals surface area contributed by atoms with Crippen molar-refractivity contribution in [1.82, 2.24) is 10.2 Å². The number of likely N-dealkylation sites (tertiary alicyclic amines) is 1. The second-order valence-electron chi connectivity index (χ2n) is 6.78. The van der Waals surface area contributed by atoms with Gasteiger partial charge in [-0.15, -0.1) is 0 Å². The van der Waals surface area contributed by atoms with E-state index in [1.54, 1.807) is 13.8 Å². The molecule has 0 radical (unpaired) electrons. The van der Waals surface area contributed by atoms with Gasteiger partial charge in [0.25, 0.3) is 0 Å². The summed E-state index contributed by atoms with van der Waals surface area (Å²) < 4.78 is 0. The van der Waals surface area contributed by atoms with Crippen LogP contribution in [-0.4, -0.2) is 48.1 Å². The fraction of sp³-hybridized carbons (Fsp3) is 0.867. The number of amides is 1. The van der Waals surface area contributed by atoms with Crippen LogP contribution in [0.1, 0.15) is 39.5 Å². The number of carboxylic acid groups (broad SMARTS) is 1. The van der Waals surface area contributed by atoms with Gasteiger partial charge < -0.3 is 15.3 Å². The topological polar surface area (TPSA) is 69.6 Å². The molecule has 5 nitrogen and oxygen atoms in total. The van der Waals surface area contributed by atoms with Crippen molar-refractivity contribution in [2.24, 2.45) is 17.3 Å². The Morgan fingerprint density at radius 2 is 2.00 bits per heavy atom. The Hall–Kier alpha value is -1.10. The van der Waals surface area contributed by atoms with Gasteiger partial charge in [-0.1, -0.05) is 0 Å². The zero-order valence-corrected chi connectivity index (χ0v) is 12.5. The molecule has 1 aliphatic carbocycles. The van der Waals surface area contributed by atoms with Gasteiger partial charge in [-0.2, -0.15) is 0 Å². The fourth-order valence-electron chi connectivity index (χ4n) is 2.78. The van der Waals surface area contributed by atoms with Crippen LogP contribution in [0, 0.1) is 17.3 Å².